The van der Waals surface area contributed by atoms with Crippen LogP contribution in [0.5, 0.6) is 0 Å². The zero-order valence-corrected chi connectivity index (χ0v) is 40.3. The van der Waals surface area contributed by atoms with E-state index in [1.165, 1.54) is 51.4 Å². The summed E-state index contributed by atoms with van der Waals surface area (Å²) >= 11 is 0. The Labute approximate surface area is 402 Å². The van der Waals surface area contributed by atoms with E-state index in [-0.39, 0.29) is 18.9 Å². The summed E-state index contributed by atoms with van der Waals surface area (Å²) < 4.78 is 34.0. The third-order valence-corrected chi connectivity index (χ3v) is 12.7. The summed E-state index contributed by atoms with van der Waals surface area (Å²) in [7, 11) is 0. The van der Waals surface area contributed by atoms with E-state index in [0.717, 1.165) is 51.4 Å². The van der Waals surface area contributed by atoms with Crippen molar-refractivity contribution in [2.45, 2.75) is 240 Å². The van der Waals surface area contributed by atoms with Crippen LogP contribution in [-0.2, 0) is 33.2 Å². The van der Waals surface area contributed by atoms with Crippen molar-refractivity contribution in [1.82, 2.24) is 5.32 Å². The van der Waals surface area contributed by atoms with Crippen molar-refractivity contribution in [1.29, 1.82) is 0 Å². The summed E-state index contributed by atoms with van der Waals surface area (Å²) in [6.45, 7) is 1.59. The fourth-order valence-electron chi connectivity index (χ4n) is 8.40. The number of carbonyl (C=O) groups is 1. The molecule has 0 radical (unpaired) electrons. The van der Waals surface area contributed by atoms with Gasteiger partial charge in [0.05, 0.1) is 38.6 Å². The Balaban J connectivity index is 1.58. The number of hydrogen-bond acceptors (Lipinski definition) is 18. The molecule has 0 aliphatic carbocycles. The molecule has 3 saturated heterocycles. The fraction of sp³-hybridized carbons (Fsp3) is 0.857. The standard InChI is InChI=1S/C49H87NO18/c1-3-5-7-9-11-13-14-15-16-17-18-19-20-22-24-26-33(54)32(50-37(55)27-25-23-21-12-10-8-6-4-2)31-63-47-43(61)40(58)45(35(29-52)65-47)68-49-44(62)41(59)46(36(30-53)66-49)67-48-42(60)39(57)38(56)34(28-51)64-48/h14-15,18-19,24,26,32-36,38-49,51-54,56-62H,3-13,16-17,20-23,25,27-31H2,1-2H3,(H,50,55)/b15-14+,19-18+,26-24+. The molecule has 0 aromatic carbocycles. The molecule has 0 aromatic rings. The molecular formula is C49H87NO18. The Kier molecular flexibility index (Phi) is 30.5. The maximum Gasteiger partial charge on any atom is 0.220 e. The molecule has 12 N–H and O–H groups in total. The van der Waals surface area contributed by atoms with E-state index in [4.69, 9.17) is 28.4 Å². The highest BCUT2D eigenvalue weighted by atomic mass is 16.8. The molecule has 19 heteroatoms. The predicted octanol–water partition coefficient (Wildman–Crippen LogP) is 1.42. The predicted molar refractivity (Wildman–Crippen MR) is 249 cm³/mol. The minimum atomic E-state index is -1.98. The molecule has 0 bridgehead atoms. The molecule has 17 unspecified atom stereocenters. The summed E-state index contributed by atoms with van der Waals surface area (Å²) in [4.78, 5) is 13.1. The molecule has 3 rings (SSSR count). The Morgan fingerprint density at radius 3 is 1.47 bits per heavy atom. The molecule has 3 heterocycles. The van der Waals surface area contributed by atoms with Crippen molar-refractivity contribution in [2.24, 2.45) is 0 Å². The molecule has 3 aliphatic heterocycles. The lowest BCUT2D eigenvalue weighted by Crippen LogP contribution is -2.66. The van der Waals surface area contributed by atoms with Gasteiger partial charge in [-0.25, -0.2) is 0 Å². The Hall–Kier alpha value is -1.99. The Morgan fingerprint density at radius 2 is 0.941 bits per heavy atom. The first-order chi connectivity index (χ1) is 32.8. The van der Waals surface area contributed by atoms with Crippen LogP contribution in [0, 0.1) is 0 Å². The van der Waals surface area contributed by atoms with Gasteiger partial charge in [-0.05, 0) is 44.9 Å². The van der Waals surface area contributed by atoms with Gasteiger partial charge >= 0.3 is 0 Å². The molecule has 396 valence electrons. The van der Waals surface area contributed by atoms with Gasteiger partial charge in [-0.1, -0.05) is 121 Å². The summed E-state index contributed by atoms with van der Waals surface area (Å²) in [6.07, 6.45) is 4.61. The Bertz CT molecular complexity index is 1400. The molecule has 0 saturated carbocycles. The van der Waals surface area contributed by atoms with Gasteiger partial charge in [0.25, 0.3) is 0 Å². The number of ether oxygens (including phenoxy) is 6. The number of aliphatic hydroxyl groups excluding tert-OH is 11. The fourth-order valence-corrected chi connectivity index (χ4v) is 8.40. The van der Waals surface area contributed by atoms with Gasteiger partial charge < -0.3 is 89.9 Å². The average Bonchev–Trinajstić information content (AvgIpc) is 3.33. The quantitative estimate of drug-likeness (QED) is 0.0321. The van der Waals surface area contributed by atoms with Crippen molar-refractivity contribution in [3.8, 4) is 0 Å². The minimum absolute atomic E-state index is 0.231. The topological polar surface area (TPSA) is 307 Å². The highest BCUT2D eigenvalue weighted by Crippen LogP contribution is 2.33. The number of nitrogens with one attached hydrogen (secondary N) is 1. The maximum absolute atomic E-state index is 13.1. The summed E-state index contributed by atoms with van der Waals surface area (Å²) in [5, 5.41) is 119. The van der Waals surface area contributed by atoms with Crippen LogP contribution in [0.1, 0.15) is 136 Å². The van der Waals surface area contributed by atoms with Gasteiger partial charge in [-0.2, -0.15) is 0 Å². The zero-order valence-electron chi connectivity index (χ0n) is 40.3. The first-order valence-corrected chi connectivity index (χ1v) is 25.2. The van der Waals surface area contributed by atoms with E-state index in [1.807, 2.05) is 6.08 Å². The lowest BCUT2D eigenvalue weighted by molar-refractivity contribution is -0.379. The van der Waals surface area contributed by atoms with Crippen LogP contribution >= 0.6 is 0 Å². The van der Waals surface area contributed by atoms with Crippen LogP contribution in [0.2, 0.25) is 0 Å². The highest BCUT2D eigenvalue weighted by molar-refractivity contribution is 5.76. The van der Waals surface area contributed by atoms with Crippen molar-refractivity contribution in [2.75, 3.05) is 26.4 Å². The second kappa shape index (κ2) is 34.4. The van der Waals surface area contributed by atoms with Crippen LogP contribution in [0.15, 0.2) is 36.5 Å². The monoisotopic (exact) mass is 978 g/mol. The van der Waals surface area contributed by atoms with Crippen LogP contribution in [0.25, 0.3) is 0 Å². The van der Waals surface area contributed by atoms with E-state index in [1.54, 1.807) is 6.08 Å². The largest absolute Gasteiger partial charge is 0.394 e. The van der Waals surface area contributed by atoms with Crippen LogP contribution in [-0.4, -0.2) is 193 Å². The molecule has 68 heavy (non-hydrogen) atoms. The molecule has 0 spiro atoms. The van der Waals surface area contributed by atoms with E-state index in [9.17, 15) is 61.0 Å². The number of carbonyl (C=O) groups excluding carboxylic acids is 1. The molecule has 19 nitrogen and oxygen atoms in total. The van der Waals surface area contributed by atoms with Gasteiger partial charge in [0.1, 0.15) is 73.2 Å². The lowest BCUT2D eigenvalue weighted by Gasteiger charge is -2.48. The van der Waals surface area contributed by atoms with Crippen molar-refractivity contribution < 1.29 is 89.4 Å². The van der Waals surface area contributed by atoms with Crippen molar-refractivity contribution in [3.05, 3.63) is 36.5 Å². The molecular weight excluding hydrogens is 891 g/mol. The molecule has 1 amide bonds. The highest BCUT2D eigenvalue weighted by Gasteiger charge is 2.53. The molecule has 0 aromatic heterocycles. The van der Waals surface area contributed by atoms with Gasteiger partial charge in [0, 0.05) is 6.42 Å². The van der Waals surface area contributed by atoms with Gasteiger partial charge in [0.15, 0.2) is 18.9 Å². The summed E-state index contributed by atoms with van der Waals surface area (Å²) in [5.74, 6) is -0.299. The van der Waals surface area contributed by atoms with Gasteiger partial charge in [-0.15, -0.1) is 0 Å². The molecule has 17 atom stereocenters. The maximum atomic E-state index is 13.1. The van der Waals surface area contributed by atoms with Crippen molar-refractivity contribution in [3.63, 3.8) is 0 Å². The van der Waals surface area contributed by atoms with E-state index < -0.39 is 124 Å². The average molecular weight is 978 g/mol. The van der Waals surface area contributed by atoms with Crippen LogP contribution < -0.4 is 5.32 Å². The summed E-state index contributed by atoms with van der Waals surface area (Å²) in [6, 6.07) is -0.989. The first-order valence-electron chi connectivity index (χ1n) is 25.2. The second-order valence-electron chi connectivity index (χ2n) is 18.3. The zero-order chi connectivity index (χ0) is 49.8. The van der Waals surface area contributed by atoms with E-state index in [2.05, 4.69) is 43.5 Å². The molecule has 3 aliphatic rings. The minimum Gasteiger partial charge on any atom is -0.394 e. The second-order valence-corrected chi connectivity index (χ2v) is 18.3. The molecule has 3 fully saturated rings. The number of unbranched alkanes of at least 4 members (excludes halogenated alkanes) is 14. The first kappa shape index (κ1) is 60.3. The van der Waals surface area contributed by atoms with Gasteiger partial charge in [0.2, 0.25) is 5.91 Å². The van der Waals surface area contributed by atoms with Crippen LogP contribution in [0.4, 0.5) is 0 Å². The number of amides is 1. The third kappa shape index (κ3) is 20.3. The lowest BCUT2D eigenvalue weighted by atomic mass is 9.96. The number of aliphatic hydroxyl groups is 11. The summed E-state index contributed by atoms with van der Waals surface area (Å²) in [5.41, 5.74) is 0. The SMILES string of the molecule is CCCCCCC/C=C/CC/C=C/CC/C=C/C(O)C(COC1OC(CO)C(OC2OC(CO)C(OC3OC(CO)C(O)C(O)C3O)C(O)C2O)C(O)C1O)NC(=O)CCCCCCCCCC. The number of rotatable bonds is 34. The number of hydrogen-bond donors (Lipinski definition) is 12. The van der Waals surface area contributed by atoms with Crippen LogP contribution in [0.3, 0.4) is 0 Å². The van der Waals surface area contributed by atoms with Crippen molar-refractivity contribution >= 4 is 5.91 Å². The normalized spacial score (nSPS) is 33.5. The van der Waals surface area contributed by atoms with E-state index >= 15 is 0 Å². The Morgan fingerprint density at radius 1 is 0.515 bits per heavy atom. The van der Waals surface area contributed by atoms with Gasteiger partial charge in [-0.3, -0.25) is 4.79 Å². The third-order valence-electron chi connectivity index (χ3n) is 12.7. The number of allylic oxidation sites excluding steroid dienone is 5. The smallest absolute Gasteiger partial charge is 0.220 e. The van der Waals surface area contributed by atoms with E-state index in [0.29, 0.717) is 12.8 Å².